The van der Waals surface area contributed by atoms with Gasteiger partial charge in [0, 0.05) is 19.3 Å². The van der Waals surface area contributed by atoms with Gasteiger partial charge in [-0.3, -0.25) is 4.79 Å². The van der Waals surface area contributed by atoms with Gasteiger partial charge < -0.3 is 9.64 Å². The first-order valence-electron chi connectivity index (χ1n) is 6.00. The summed E-state index contributed by atoms with van der Waals surface area (Å²) in [7, 11) is 1.79. The lowest BCUT2D eigenvalue weighted by molar-refractivity contribution is -0.119. The molecule has 0 saturated heterocycles. The molecule has 0 heterocycles. The monoisotopic (exact) mass is 235 g/mol. The summed E-state index contributed by atoms with van der Waals surface area (Å²) in [6, 6.07) is 9.63. The fourth-order valence-electron chi connectivity index (χ4n) is 1.44. The van der Waals surface area contributed by atoms with Crippen molar-refractivity contribution in [3.8, 4) is 0 Å². The van der Waals surface area contributed by atoms with Crippen molar-refractivity contribution in [2.24, 2.45) is 5.92 Å². The first-order valence-corrected chi connectivity index (χ1v) is 6.00. The fraction of sp³-hybridized carbons (Fsp3) is 0.500. The Morgan fingerprint density at radius 2 is 1.94 bits per heavy atom. The van der Waals surface area contributed by atoms with Crippen molar-refractivity contribution in [3.05, 3.63) is 30.3 Å². The van der Waals surface area contributed by atoms with E-state index >= 15 is 0 Å². The molecule has 0 bridgehead atoms. The molecule has 0 aliphatic carbocycles. The molecule has 1 rings (SSSR count). The highest BCUT2D eigenvalue weighted by Gasteiger charge is 2.09. The molecule has 0 aliphatic heterocycles. The summed E-state index contributed by atoms with van der Waals surface area (Å²) in [5.74, 6) is 0.594. The number of carbonyl (C=O) groups excluding carboxylic acids is 1. The van der Waals surface area contributed by atoms with Crippen LogP contribution >= 0.6 is 0 Å². The second kappa shape index (κ2) is 7.07. The number of amides is 1. The Morgan fingerprint density at radius 1 is 1.29 bits per heavy atom. The summed E-state index contributed by atoms with van der Waals surface area (Å²) in [6.45, 7) is 5.40. The average Bonchev–Trinajstić information content (AvgIpc) is 2.34. The van der Waals surface area contributed by atoms with Crippen molar-refractivity contribution in [2.75, 3.05) is 25.2 Å². The first-order chi connectivity index (χ1) is 8.11. The van der Waals surface area contributed by atoms with Gasteiger partial charge in [-0.1, -0.05) is 32.0 Å². The maximum Gasteiger partial charge on any atom is 0.229 e. The number of rotatable bonds is 6. The number of ether oxygens (including phenoxy) is 1. The van der Waals surface area contributed by atoms with Crippen LogP contribution in [0.15, 0.2) is 30.3 Å². The lowest BCUT2D eigenvalue weighted by atomic mass is 10.2. The van der Waals surface area contributed by atoms with E-state index in [0.717, 1.165) is 5.69 Å². The quantitative estimate of drug-likeness (QED) is 0.709. The molecule has 1 amide bonds. The highest BCUT2D eigenvalue weighted by atomic mass is 16.5. The molecule has 0 aliphatic rings. The Morgan fingerprint density at radius 3 is 2.53 bits per heavy atom. The number of benzene rings is 1. The Bertz CT molecular complexity index is 335. The maximum atomic E-state index is 11.8. The molecule has 0 N–H and O–H groups in total. The number of anilines is 1. The molecule has 0 fully saturated rings. The minimum absolute atomic E-state index is 0.0833. The molecule has 3 heteroatoms. The number of para-hydroxylation sites is 1. The third-order valence-corrected chi connectivity index (χ3v) is 2.43. The zero-order chi connectivity index (χ0) is 12.7. The number of hydrogen-bond donors (Lipinski definition) is 0. The van der Waals surface area contributed by atoms with Crippen molar-refractivity contribution in [1.82, 2.24) is 0 Å². The van der Waals surface area contributed by atoms with Gasteiger partial charge in [-0.15, -0.1) is 0 Å². The topological polar surface area (TPSA) is 29.5 Å². The molecule has 17 heavy (non-hydrogen) atoms. The molecule has 3 nitrogen and oxygen atoms in total. The summed E-state index contributed by atoms with van der Waals surface area (Å²) in [6.07, 6.45) is 0.429. The highest BCUT2D eigenvalue weighted by molar-refractivity contribution is 5.92. The van der Waals surface area contributed by atoms with Crippen LogP contribution < -0.4 is 4.90 Å². The summed E-state index contributed by atoms with van der Waals surface area (Å²) in [5.41, 5.74) is 0.918. The molecule has 0 saturated carbocycles. The average molecular weight is 235 g/mol. The Kier molecular flexibility index (Phi) is 5.70. The van der Waals surface area contributed by atoms with E-state index in [1.54, 1.807) is 11.9 Å². The molecule has 0 spiro atoms. The standard InChI is InChI=1S/C14H21NO2/c1-12(2)11-17-10-9-14(16)15(3)13-7-5-4-6-8-13/h4-8,12H,9-11H2,1-3H3. The molecule has 94 valence electrons. The van der Waals surface area contributed by atoms with Gasteiger partial charge >= 0.3 is 0 Å². The second-order valence-corrected chi connectivity index (χ2v) is 4.51. The van der Waals surface area contributed by atoms with E-state index in [1.807, 2.05) is 30.3 Å². The van der Waals surface area contributed by atoms with Crippen molar-refractivity contribution in [1.29, 1.82) is 0 Å². The molecular formula is C14H21NO2. The first kappa shape index (κ1) is 13.7. The maximum absolute atomic E-state index is 11.8. The highest BCUT2D eigenvalue weighted by Crippen LogP contribution is 2.11. The third kappa shape index (κ3) is 5.00. The van der Waals surface area contributed by atoms with Crippen LogP contribution in [-0.4, -0.2) is 26.2 Å². The normalized spacial score (nSPS) is 10.6. The van der Waals surface area contributed by atoms with E-state index in [9.17, 15) is 4.79 Å². The van der Waals surface area contributed by atoms with Crippen molar-refractivity contribution in [2.45, 2.75) is 20.3 Å². The molecule has 1 aromatic carbocycles. The van der Waals surface area contributed by atoms with Crippen LogP contribution in [0, 0.1) is 5.92 Å². The van der Waals surface area contributed by atoms with E-state index in [4.69, 9.17) is 4.74 Å². The molecule has 1 aromatic rings. The summed E-state index contributed by atoms with van der Waals surface area (Å²) >= 11 is 0. The lowest BCUT2D eigenvalue weighted by Crippen LogP contribution is -2.27. The minimum Gasteiger partial charge on any atom is -0.381 e. The van der Waals surface area contributed by atoms with Gasteiger partial charge in [0.1, 0.15) is 0 Å². The molecule has 0 atom stereocenters. The zero-order valence-corrected chi connectivity index (χ0v) is 10.8. The van der Waals surface area contributed by atoms with Gasteiger partial charge in [-0.2, -0.15) is 0 Å². The van der Waals surface area contributed by atoms with Crippen LogP contribution in [0.25, 0.3) is 0 Å². The van der Waals surface area contributed by atoms with Gasteiger partial charge in [0.05, 0.1) is 13.0 Å². The fourth-order valence-corrected chi connectivity index (χ4v) is 1.44. The summed E-state index contributed by atoms with van der Waals surface area (Å²) in [5, 5.41) is 0. The molecular weight excluding hydrogens is 214 g/mol. The van der Waals surface area contributed by atoms with E-state index < -0.39 is 0 Å². The number of carbonyl (C=O) groups is 1. The van der Waals surface area contributed by atoms with Gasteiger partial charge in [0.2, 0.25) is 5.91 Å². The van der Waals surface area contributed by atoms with Crippen LogP contribution in [0.1, 0.15) is 20.3 Å². The van der Waals surface area contributed by atoms with Crippen LogP contribution in [0.4, 0.5) is 5.69 Å². The van der Waals surface area contributed by atoms with Crippen LogP contribution in [0.2, 0.25) is 0 Å². The SMILES string of the molecule is CC(C)COCCC(=O)N(C)c1ccccc1. The molecule has 0 unspecified atom stereocenters. The van der Waals surface area contributed by atoms with E-state index in [-0.39, 0.29) is 5.91 Å². The van der Waals surface area contributed by atoms with Crippen molar-refractivity contribution in [3.63, 3.8) is 0 Å². The van der Waals surface area contributed by atoms with Crippen LogP contribution in [0.5, 0.6) is 0 Å². The van der Waals surface area contributed by atoms with Gasteiger partial charge in [-0.25, -0.2) is 0 Å². The van der Waals surface area contributed by atoms with Crippen molar-refractivity contribution < 1.29 is 9.53 Å². The van der Waals surface area contributed by atoms with E-state index in [2.05, 4.69) is 13.8 Å². The molecule has 0 aromatic heterocycles. The Balaban J connectivity index is 2.33. The van der Waals surface area contributed by atoms with E-state index in [1.165, 1.54) is 0 Å². The van der Waals surface area contributed by atoms with Gasteiger partial charge in [0.15, 0.2) is 0 Å². The largest absolute Gasteiger partial charge is 0.381 e. The lowest BCUT2D eigenvalue weighted by Gasteiger charge is -2.17. The second-order valence-electron chi connectivity index (χ2n) is 4.51. The molecule has 0 radical (unpaired) electrons. The van der Waals surface area contributed by atoms with Gasteiger partial charge in [0.25, 0.3) is 0 Å². The number of hydrogen-bond acceptors (Lipinski definition) is 2. The summed E-state index contributed by atoms with van der Waals surface area (Å²) in [4.78, 5) is 13.5. The zero-order valence-electron chi connectivity index (χ0n) is 10.8. The summed E-state index contributed by atoms with van der Waals surface area (Å²) < 4.78 is 5.40. The van der Waals surface area contributed by atoms with E-state index in [0.29, 0.717) is 25.6 Å². The van der Waals surface area contributed by atoms with Crippen molar-refractivity contribution >= 4 is 11.6 Å². The van der Waals surface area contributed by atoms with Crippen LogP contribution in [-0.2, 0) is 9.53 Å². The predicted octanol–water partition coefficient (Wildman–Crippen LogP) is 2.71. The smallest absolute Gasteiger partial charge is 0.229 e. The minimum atomic E-state index is 0.0833. The van der Waals surface area contributed by atoms with Crippen LogP contribution in [0.3, 0.4) is 0 Å². The Labute approximate surface area is 103 Å². The predicted molar refractivity (Wildman–Crippen MR) is 70.1 cm³/mol. The van der Waals surface area contributed by atoms with Gasteiger partial charge in [-0.05, 0) is 18.1 Å². The third-order valence-electron chi connectivity index (χ3n) is 2.43. The number of nitrogens with zero attached hydrogens (tertiary/aromatic N) is 1. The Hall–Kier alpha value is -1.35.